The van der Waals surface area contributed by atoms with Gasteiger partial charge in [-0.15, -0.1) is 0 Å². The van der Waals surface area contributed by atoms with E-state index in [1.54, 1.807) is 19.2 Å². The lowest BCUT2D eigenvalue weighted by Gasteiger charge is -2.28. The number of methoxy groups -OCH3 is 1. The molecule has 124 valence electrons. The van der Waals surface area contributed by atoms with Crippen molar-refractivity contribution >= 4 is 10.0 Å². The largest absolute Gasteiger partial charge is 0.495 e. The van der Waals surface area contributed by atoms with Crippen LogP contribution in [-0.4, -0.2) is 58.0 Å². The van der Waals surface area contributed by atoms with Crippen molar-refractivity contribution in [3.63, 3.8) is 0 Å². The first kappa shape index (κ1) is 17.2. The van der Waals surface area contributed by atoms with Crippen LogP contribution in [0.15, 0.2) is 23.1 Å². The van der Waals surface area contributed by atoms with Gasteiger partial charge in [0.05, 0.1) is 7.11 Å². The van der Waals surface area contributed by atoms with E-state index in [4.69, 9.17) is 4.74 Å². The van der Waals surface area contributed by atoms with E-state index >= 15 is 0 Å². The van der Waals surface area contributed by atoms with Gasteiger partial charge in [-0.25, -0.2) is 8.42 Å². The lowest BCUT2D eigenvalue weighted by atomic mass is 10.1. The summed E-state index contributed by atoms with van der Waals surface area (Å²) in [5.74, 6) is 0.399. The number of likely N-dealkylation sites (N-methyl/N-ethyl adjacent to an activating group) is 1. The normalized spacial score (nSPS) is 16.9. The molecule has 1 heterocycles. The van der Waals surface area contributed by atoms with Crippen LogP contribution in [0.2, 0.25) is 0 Å². The summed E-state index contributed by atoms with van der Waals surface area (Å²) in [4.78, 5) is 2.58. The molecule has 2 rings (SSSR count). The summed E-state index contributed by atoms with van der Waals surface area (Å²) in [6.07, 6.45) is 3.70. The standard InChI is InChI=1S/C16H26N2O3S/c1-14-7-8-15(21-3)16(13-14)22(19,20)17(2)11-12-18-9-5-4-6-10-18/h7-8,13H,4-6,9-12H2,1-3H3. The Hall–Kier alpha value is -1.11. The Bertz CT molecular complexity index is 595. The topological polar surface area (TPSA) is 49.9 Å². The lowest BCUT2D eigenvalue weighted by molar-refractivity contribution is 0.218. The average molecular weight is 326 g/mol. The molecule has 1 fully saturated rings. The maximum Gasteiger partial charge on any atom is 0.246 e. The van der Waals surface area contributed by atoms with E-state index in [0.29, 0.717) is 12.3 Å². The van der Waals surface area contributed by atoms with Gasteiger partial charge in [0.1, 0.15) is 10.6 Å². The first-order valence-corrected chi connectivity index (χ1v) is 9.22. The minimum absolute atomic E-state index is 0.246. The van der Waals surface area contributed by atoms with E-state index < -0.39 is 10.0 Å². The van der Waals surface area contributed by atoms with Crippen molar-refractivity contribution in [2.24, 2.45) is 0 Å². The molecule has 22 heavy (non-hydrogen) atoms. The third-order valence-corrected chi connectivity index (χ3v) is 6.07. The van der Waals surface area contributed by atoms with E-state index in [2.05, 4.69) is 4.90 Å². The third kappa shape index (κ3) is 4.00. The van der Waals surface area contributed by atoms with Gasteiger partial charge in [-0.1, -0.05) is 12.5 Å². The highest BCUT2D eigenvalue weighted by Crippen LogP contribution is 2.27. The highest BCUT2D eigenvalue weighted by atomic mass is 32.2. The second-order valence-corrected chi connectivity index (χ2v) is 7.90. The first-order valence-electron chi connectivity index (χ1n) is 7.78. The van der Waals surface area contributed by atoms with Crippen LogP contribution in [0, 0.1) is 6.92 Å². The zero-order chi connectivity index (χ0) is 16.2. The molecule has 0 radical (unpaired) electrons. The van der Waals surface area contributed by atoms with E-state index in [-0.39, 0.29) is 4.90 Å². The molecule has 0 unspecified atom stereocenters. The summed E-state index contributed by atoms with van der Waals surface area (Å²) in [5, 5.41) is 0. The highest BCUT2D eigenvalue weighted by molar-refractivity contribution is 7.89. The van der Waals surface area contributed by atoms with Crippen molar-refractivity contribution in [1.29, 1.82) is 0 Å². The molecule has 1 aromatic carbocycles. The van der Waals surface area contributed by atoms with Crippen LogP contribution >= 0.6 is 0 Å². The summed E-state index contributed by atoms with van der Waals surface area (Å²) in [5.41, 5.74) is 0.906. The van der Waals surface area contributed by atoms with Gasteiger partial charge in [-0.2, -0.15) is 4.31 Å². The number of hydrogen-bond donors (Lipinski definition) is 0. The summed E-state index contributed by atoms with van der Waals surface area (Å²) >= 11 is 0. The van der Waals surface area contributed by atoms with E-state index in [1.165, 1.54) is 30.7 Å². The Labute approximate surface area is 133 Å². The Balaban J connectivity index is 2.10. The van der Waals surface area contributed by atoms with Crippen LogP contribution in [0.1, 0.15) is 24.8 Å². The zero-order valence-electron chi connectivity index (χ0n) is 13.7. The number of nitrogens with zero attached hydrogens (tertiary/aromatic N) is 2. The van der Waals surface area contributed by atoms with Crippen LogP contribution in [0.4, 0.5) is 0 Å². The van der Waals surface area contributed by atoms with Gasteiger partial charge in [0.2, 0.25) is 10.0 Å². The summed E-state index contributed by atoms with van der Waals surface area (Å²) in [6, 6.07) is 5.23. The van der Waals surface area contributed by atoms with Gasteiger partial charge < -0.3 is 9.64 Å². The van der Waals surface area contributed by atoms with Crippen LogP contribution < -0.4 is 4.74 Å². The number of piperidine rings is 1. The maximum absolute atomic E-state index is 12.8. The molecule has 0 aromatic heterocycles. The minimum Gasteiger partial charge on any atom is -0.495 e. The fraction of sp³-hybridized carbons (Fsp3) is 0.625. The molecule has 1 saturated heterocycles. The second kappa shape index (κ2) is 7.44. The van der Waals surface area contributed by atoms with Crippen molar-refractivity contribution in [3.8, 4) is 5.75 Å². The average Bonchev–Trinajstić information content (AvgIpc) is 2.53. The number of rotatable bonds is 6. The van der Waals surface area contributed by atoms with Crippen molar-refractivity contribution in [1.82, 2.24) is 9.21 Å². The molecule has 1 aliphatic rings. The SMILES string of the molecule is COc1ccc(C)cc1S(=O)(=O)N(C)CCN1CCCCC1. The van der Waals surface area contributed by atoms with Crippen LogP contribution in [0.3, 0.4) is 0 Å². The Morgan fingerprint density at radius 1 is 1.23 bits per heavy atom. The van der Waals surface area contributed by atoms with Crippen LogP contribution in [-0.2, 0) is 10.0 Å². The Morgan fingerprint density at radius 3 is 2.55 bits per heavy atom. The summed E-state index contributed by atoms with van der Waals surface area (Å²) in [7, 11) is -0.386. The van der Waals surface area contributed by atoms with Crippen molar-refractivity contribution in [2.75, 3.05) is 40.3 Å². The van der Waals surface area contributed by atoms with Gasteiger partial charge in [0, 0.05) is 20.1 Å². The van der Waals surface area contributed by atoms with Gasteiger partial charge >= 0.3 is 0 Å². The number of likely N-dealkylation sites (tertiary alicyclic amines) is 1. The third-order valence-electron chi connectivity index (χ3n) is 4.19. The van der Waals surface area contributed by atoms with Crippen molar-refractivity contribution in [3.05, 3.63) is 23.8 Å². The summed E-state index contributed by atoms with van der Waals surface area (Å²) in [6.45, 7) is 5.30. The molecule has 1 aliphatic heterocycles. The maximum atomic E-state index is 12.8. The minimum atomic E-state index is -3.52. The first-order chi connectivity index (χ1) is 10.4. The quantitative estimate of drug-likeness (QED) is 0.803. The van der Waals surface area contributed by atoms with Crippen molar-refractivity contribution < 1.29 is 13.2 Å². The molecule has 1 aromatic rings. The zero-order valence-corrected chi connectivity index (χ0v) is 14.5. The molecule has 0 bridgehead atoms. The highest BCUT2D eigenvalue weighted by Gasteiger charge is 2.25. The molecular formula is C16H26N2O3S. The van der Waals surface area contributed by atoms with Gasteiger partial charge in [0.25, 0.3) is 0 Å². The molecule has 5 nitrogen and oxygen atoms in total. The molecule has 0 aliphatic carbocycles. The molecule has 0 atom stereocenters. The number of sulfonamides is 1. The molecule has 0 N–H and O–H groups in total. The predicted molar refractivity (Wildman–Crippen MR) is 87.8 cm³/mol. The summed E-state index contributed by atoms with van der Waals surface area (Å²) < 4.78 is 32.2. The van der Waals surface area contributed by atoms with Crippen molar-refractivity contribution in [2.45, 2.75) is 31.1 Å². The molecule has 6 heteroatoms. The molecular weight excluding hydrogens is 300 g/mol. The van der Waals surface area contributed by atoms with Gasteiger partial charge in [-0.05, 0) is 50.6 Å². The monoisotopic (exact) mass is 326 g/mol. The lowest BCUT2D eigenvalue weighted by Crippen LogP contribution is -2.38. The van der Waals surface area contributed by atoms with Gasteiger partial charge in [-0.3, -0.25) is 0 Å². The number of aryl methyl sites for hydroxylation is 1. The Morgan fingerprint density at radius 2 is 1.91 bits per heavy atom. The van der Waals surface area contributed by atoms with Crippen LogP contribution in [0.5, 0.6) is 5.75 Å². The molecule has 0 saturated carbocycles. The van der Waals surface area contributed by atoms with E-state index in [1.807, 2.05) is 13.0 Å². The van der Waals surface area contributed by atoms with E-state index in [0.717, 1.165) is 25.2 Å². The van der Waals surface area contributed by atoms with Crippen LogP contribution in [0.25, 0.3) is 0 Å². The number of benzene rings is 1. The van der Waals surface area contributed by atoms with E-state index in [9.17, 15) is 8.42 Å². The molecule has 0 amide bonds. The molecule has 0 spiro atoms. The second-order valence-electron chi connectivity index (χ2n) is 5.88. The Kier molecular flexibility index (Phi) is 5.83. The fourth-order valence-electron chi connectivity index (χ4n) is 2.74. The fourth-order valence-corrected chi connectivity index (χ4v) is 4.14. The number of hydrogen-bond acceptors (Lipinski definition) is 4. The van der Waals surface area contributed by atoms with Gasteiger partial charge in [0.15, 0.2) is 0 Å². The number of ether oxygens (including phenoxy) is 1. The predicted octanol–water partition coefficient (Wildman–Crippen LogP) is 2.11. The smallest absolute Gasteiger partial charge is 0.246 e.